The third-order valence-corrected chi connectivity index (χ3v) is 15.2. The van der Waals surface area contributed by atoms with Crippen molar-refractivity contribution in [3.63, 3.8) is 0 Å². The number of fused-ring (bicyclic) bond motifs is 6. The van der Waals surface area contributed by atoms with Crippen LogP contribution in [0.1, 0.15) is 71.7 Å². The molecule has 3 aliphatic rings. The van der Waals surface area contributed by atoms with Crippen molar-refractivity contribution in [3.8, 4) is 22.3 Å². The van der Waals surface area contributed by atoms with E-state index in [1.54, 1.807) is 0 Å². The van der Waals surface area contributed by atoms with Gasteiger partial charge >= 0.3 is 0 Å². The molecule has 1 atom stereocenters. The van der Waals surface area contributed by atoms with Gasteiger partial charge in [-0.25, -0.2) is 0 Å². The minimum Gasteiger partial charge on any atom is -0.334 e. The van der Waals surface area contributed by atoms with E-state index in [9.17, 15) is 0 Å². The van der Waals surface area contributed by atoms with E-state index in [1.165, 1.54) is 127 Å². The van der Waals surface area contributed by atoms with Crippen molar-refractivity contribution in [3.05, 3.63) is 269 Å². The zero-order valence-electron chi connectivity index (χ0n) is 40.1. The van der Waals surface area contributed by atoms with Crippen LogP contribution < -0.4 is 4.90 Å². The molecule has 0 spiro atoms. The number of aryl methyl sites for hydroxylation is 2. The van der Waals surface area contributed by atoms with Crippen LogP contribution in [0.25, 0.3) is 71.3 Å². The van der Waals surface area contributed by atoms with Crippen molar-refractivity contribution in [2.45, 2.75) is 52.5 Å². The van der Waals surface area contributed by atoms with Crippen molar-refractivity contribution < 1.29 is 0 Å². The molecule has 10 aromatic rings. The number of benzene rings is 10. The van der Waals surface area contributed by atoms with Gasteiger partial charge in [0.1, 0.15) is 0 Å². The highest BCUT2D eigenvalue weighted by atomic mass is 15.2. The summed E-state index contributed by atoms with van der Waals surface area (Å²) in [4.78, 5) is 2.56. The van der Waals surface area contributed by atoms with Crippen LogP contribution in [0.15, 0.2) is 224 Å². The average Bonchev–Trinajstić information content (AvgIpc) is 3.80. The number of rotatable bonds is 6. The normalized spacial score (nSPS) is 15.2. The Kier molecular flexibility index (Phi) is 10.4. The van der Waals surface area contributed by atoms with Crippen LogP contribution in [0.3, 0.4) is 0 Å². The molecule has 332 valence electrons. The standard InChI is InChI=1S/C53H43N.C15H12/c1-34-31-40(25-29-44(34)51-35(2)45-20-11-15-38-16-12-21-48(51)52(38)45)39-17-10-18-42(32-39)54(41-26-23-37(24-27-41)36-13-6-5-7-14-36)43-28-30-47-46-19-8-9-22-49(46)53(3,4)50(47)33-43;1-11-6-7-13-9-8-12-4-2-3-5-14(12)15(13)10-11/h5-26,28-33,41H,27H2,1-4H3;2-10H,1H3. The monoisotopic (exact) mass is 885 g/mol. The Labute approximate surface area is 407 Å². The van der Waals surface area contributed by atoms with Gasteiger partial charge in [0, 0.05) is 16.8 Å². The fourth-order valence-corrected chi connectivity index (χ4v) is 11.6. The summed E-state index contributed by atoms with van der Waals surface area (Å²) >= 11 is 0. The van der Waals surface area contributed by atoms with Crippen LogP contribution in [0.5, 0.6) is 0 Å². The molecule has 10 aromatic carbocycles. The van der Waals surface area contributed by atoms with Gasteiger partial charge in [-0.1, -0.05) is 220 Å². The summed E-state index contributed by atoms with van der Waals surface area (Å²) in [7, 11) is 0. The average molecular weight is 886 g/mol. The number of allylic oxidation sites excluding steroid dienone is 3. The van der Waals surface area contributed by atoms with Crippen LogP contribution >= 0.6 is 0 Å². The summed E-state index contributed by atoms with van der Waals surface area (Å²) < 4.78 is 0. The quantitative estimate of drug-likeness (QED) is 0.150. The summed E-state index contributed by atoms with van der Waals surface area (Å²) in [5.41, 5.74) is 22.2. The number of hydrogen-bond acceptors (Lipinski definition) is 1. The predicted molar refractivity (Wildman–Crippen MR) is 296 cm³/mol. The SMILES string of the molecule is CC1=C(c2ccc(-c3cccc(N(c4ccc5c(c4)C(C)(C)c4ccccc4-5)C4C=CC(c5ccccc5)=CC4)c3)cc2C)c2cccc3cccc1c23.Cc1ccc2ccc3ccccc3c2c1. The molecule has 0 saturated carbocycles. The lowest BCUT2D eigenvalue weighted by molar-refractivity contribution is 0.659. The van der Waals surface area contributed by atoms with Crippen molar-refractivity contribution in [2.24, 2.45) is 0 Å². The first-order valence-electron chi connectivity index (χ1n) is 24.5. The van der Waals surface area contributed by atoms with Gasteiger partial charge in [-0.15, -0.1) is 0 Å². The molecular weight excluding hydrogens is 831 g/mol. The van der Waals surface area contributed by atoms with Gasteiger partial charge < -0.3 is 4.90 Å². The van der Waals surface area contributed by atoms with Gasteiger partial charge in [-0.05, 0) is 162 Å². The molecule has 13 rings (SSSR count). The lowest BCUT2D eigenvalue weighted by atomic mass is 9.82. The van der Waals surface area contributed by atoms with Crippen LogP contribution in [0.4, 0.5) is 11.4 Å². The Morgan fingerprint density at radius 1 is 0.449 bits per heavy atom. The van der Waals surface area contributed by atoms with Gasteiger partial charge in [0.15, 0.2) is 0 Å². The molecule has 1 heteroatoms. The molecule has 3 aliphatic carbocycles. The molecular formula is C68H55N. The Bertz CT molecular complexity index is 3760. The number of nitrogens with zero attached hydrogens (tertiary/aromatic N) is 1. The van der Waals surface area contributed by atoms with Crippen molar-refractivity contribution in [1.82, 2.24) is 0 Å². The second kappa shape index (κ2) is 17.0. The minimum absolute atomic E-state index is 0.0719. The van der Waals surface area contributed by atoms with Crippen molar-refractivity contribution >= 4 is 60.4 Å². The van der Waals surface area contributed by atoms with Crippen LogP contribution in [0, 0.1) is 13.8 Å². The molecule has 0 N–H and O–H groups in total. The van der Waals surface area contributed by atoms with Gasteiger partial charge in [0.05, 0.1) is 6.04 Å². The Morgan fingerprint density at radius 3 is 1.90 bits per heavy atom. The molecule has 0 radical (unpaired) electrons. The zero-order valence-corrected chi connectivity index (χ0v) is 40.1. The van der Waals surface area contributed by atoms with Gasteiger partial charge in [-0.3, -0.25) is 0 Å². The molecule has 0 heterocycles. The Morgan fingerprint density at radius 2 is 1.09 bits per heavy atom. The predicted octanol–water partition coefficient (Wildman–Crippen LogP) is 18.3. The lowest BCUT2D eigenvalue weighted by Gasteiger charge is -2.34. The first-order chi connectivity index (χ1) is 33.7. The molecule has 0 saturated heterocycles. The summed E-state index contributed by atoms with van der Waals surface area (Å²) in [5.74, 6) is 0. The highest BCUT2D eigenvalue weighted by molar-refractivity contribution is 6.17. The smallest absolute Gasteiger partial charge is 0.0560 e. The third kappa shape index (κ3) is 7.32. The minimum atomic E-state index is -0.0719. The fraction of sp³-hybridized carbons (Fsp3) is 0.118. The van der Waals surface area contributed by atoms with Crippen LogP contribution in [-0.4, -0.2) is 6.04 Å². The van der Waals surface area contributed by atoms with E-state index < -0.39 is 0 Å². The Balaban J connectivity index is 0.000000278. The maximum Gasteiger partial charge on any atom is 0.0560 e. The fourth-order valence-electron chi connectivity index (χ4n) is 11.6. The van der Waals surface area contributed by atoms with Crippen molar-refractivity contribution in [1.29, 1.82) is 0 Å². The maximum atomic E-state index is 2.56. The molecule has 0 bridgehead atoms. The Hall–Kier alpha value is -8.00. The molecule has 0 aromatic heterocycles. The largest absolute Gasteiger partial charge is 0.334 e. The number of hydrogen-bond donors (Lipinski definition) is 0. The summed E-state index contributed by atoms with van der Waals surface area (Å²) in [5, 5.41) is 8.03. The van der Waals surface area contributed by atoms with Gasteiger partial charge in [0.2, 0.25) is 0 Å². The van der Waals surface area contributed by atoms with Gasteiger partial charge in [-0.2, -0.15) is 0 Å². The maximum absolute atomic E-state index is 2.56. The van der Waals surface area contributed by atoms with E-state index in [-0.39, 0.29) is 11.5 Å². The molecule has 0 amide bonds. The van der Waals surface area contributed by atoms with Crippen LogP contribution in [-0.2, 0) is 5.41 Å². The van der Waals surface area contributed by atoms with E-state index in [1.807, 2.05) is 0 Å². The van der Waals surface area contributed by atoms with Crippen molar-refractivity contribution in [2.75, 3.05) is 4.90 Å². The van der Waals surface area contributed by atoms with E-state index >= 15 is 0 Å². The highest BCUT2D eigenvalue weighted by Gasteiger charge is 2.36. The zero-order chi connectivity index (χ0) is 46.8. The van der Waals surface area contributed by atoms with Crippen LogP contribution in [0.2, 0.25) is 0 Å². The van der Waals surface area contributed by atoms with E-state index in [4.69, 9.17) is 0 Å². The summed E-state index contributed by atoms with van der Waals surface area (Å²) in [6.45, 7) is 11.4. The topological polar surface area (TPSA) is 3.24 Å². The third-order valence-electron chi connectivity index (χ3n) is 15.2. The summed E-state index contributed by atoms with van der Waals surface area (Å²) in [6, 6.07) is 76.1. The van der Waals surface area contributed by atoms with E-state index in [0.29, 0.717) is 0 Å². The highest BCUT2D eigenvalue weighted by Crippen LogP contribution is 2.51. The molecule has 69 heavy (non-hydrogen) atoms. The first-order valence-corrected chi connectivity index (χ1v) is 24.5. The van der Waals surface area contributed by atoms with E-state index in [2.05, 4.69) is 264 Å². The van der Waals surface area contributed by atoms with E-state index in [0.717, 1.165) is 6.42 Å². The second-order valence-corrected chi connectivity index (χ2v) is 19.8. The molecule has 0 fully saturated rings. The molecule has 0 aliphatic heterocycles. The summed E-state index contributed by atoms with van der Waals surface area (Å²) in [6.07, 6.45) is 8.04. The second-order valence-electron chi connectivity index (χ2n) is 19.8. The lowest BCUT2D eigenvalue weighted by Crippen LogP contribution is -2.30. The van der Waals surface area contributed by atoms with Gasteiger partial charge in [0.25, 0.3) is 0 Å². The first kappa shape index (κ1) is 42.4. The molecule has 1 nitrogen and oxygen atoms in total. The number of anilines is 2. The molecule has 1 unspecified atom stereocenters.